The average molecular weight is 439 g/mol. The number of aliphatic imine (C=N–C) groups is 1. The molecule has 0 bridgehead atoms. The molecule has 1 saturated heterocycles. The molecule has 1 amide bonds. The first-order valence-corrected chi connectivity index (χ1v) is 8.40. The van der Waals surface area contributed by atoms with Crippen molar-refractivity contribution < 1.29 is 4.79 Å². The molecule has 0 radical (unpaired) electrons. The number of guanidine groups is 1. The first kappa shape index (κ1) is 22.4. The number of piperidine rings is 1. The van der Waals surface area contributed by atoms with Gasteiger partial charge in [-0.15, -0.1) is 24.0 Å². The molecule has 2 N–H and O–H groups in total. The SMILES string of the molecule is CCNC(=NCC(=O)N(C)C)NCC1CCCN(C(C)C)C1.I. The van der Waals surface area contributed by atoms with E-state index in [0.717, 1.165) is 25.6 Å². The number of nitrogens with zero attached hydrogens (tertiary/aromatic N) is 3. The van der Waals surface area contributed by atoms with Crippen molar-refractivity contribution in [3.63, 3.8) is 0 Å². The number of carbonyl (C=O) groups is 1. The zero-order chi connectivity index (χ0) is 16.5. The molecule has 1 rings (SSSR count). The van der Waals surface area contributed by atoms with E-state index in [2.05, 4.69) is 34.4 Å². The zero-order valence-electron chi connectivity index (χ0n) is 15.3. The number of nitrogens with one attached hydrogen (secondary N) is 2. The van der Waals surface area contributed by atoms with E-state index in [9.17, 15) is 4.79 Å². The van der Waals surface area contributed by atoms with Crippen LogP contribution in [0.3, 0.4) is 0 Å². The Morgan fingerprint density at radius 1 is 1.35 bits per heavy atom. The van der Waals surface area contributed by atoms with Crippen LogP contribution in [-0.2, 0) is 4.79 Å². The summed E-state index contributed by atoms with van der Waals surface area (Å²) >= 11 is 0. The molecular formula is C16H34IN5O. The maximum atomic E-state index is 11.6. The lowest BCUT2D eigenvalue weighted by Crippen LogP contribution is -2.46. The topological polar surface area (TPSA) is 60.0 Å². The number of likely N-dealkylation sites (tertiary alicyclic amines) is 1. The fourth-order valence-electron chi connectivity index (χ4n) is 2.60. The fraction of sp³-hybridized carbons (Fsp3) is 0.875. The third-order valence-electron chi connectivity index (χ3n) is 4.05. The molecular weight excluding hydrogens is 405 g/mol. The van der Waals surface area contributed by atoms with Gasteiger partial charge in [0.15, 0.2) is 5.96 Å². The highest BCUT2D eigenvalue weighted by molar-refractivity contribution is 14.0. The number of carbonyl (C=O) groups excluding carboxylic acids is 1. The Morgan fingerprint density at radius 3 is 2.61 bits per heavy atom. The molecule has 0 aromatic carbocycles. The minimum Gasteiger partial charge on any atom is -0.357 e. The minimum atomic E-state index is 0. The summed E-state index contributed by atoms with van der Waals surface area (Å²) in [6, 6.07) is 0.613. The first-order valence-electron chi connectivity index (χ1n) is 8.40. The third-order valence-corrected chi connectivity index (χ3v) is 4.05. The maximum absolute atomic E-state index is 11.6. The predicted octanol–water partition coefficient (Wildman–Crippen LogP) is 1.37. The summed E-state index contributed by atoms with van der Waals surface area (Å²) in [6.45, 7) is 10.8. The number of hydrogen-bond donors (Lipinski definition) is 2. The molecule has 0 saturated carbocycles. The Balaban J connectivity index is 0.00000484. The highest BCUT2D eigenvalue weighted by Gasteiger charge is 2.21. The highest BCUT2D eigenvalue weighted by atomic mass is 127. The summed E-state index contributed by atoms with van der Waals surface area (Å²) in [6.07, 6.45) is 2.52. The smallest absolute Gasteiger partial charge is 0.243 e. The number of rotatable bonds is 6. The lowest BCUT2D eigenvalue weighted by Gasteiger charge is -2.35. The van der Waals surface area contributed by atoms with Crippen molar-refractivity contribution in [1.29, 1.82) is 0 Å². The molecule has 1 heterocycles. The van der Waals surface area contributed by atoms with Crippen LogP contribution in [0.2, 0.25) is 0 Å². The molecule has 0 aliphatic carbocycles. The zero-order valence-corrected chi connectivity index (χ0v) is 17.6. The van der Waals surface area contributed by atoms with Gasteiger partial charge >= 0.3 is 0 Å². The maximum Gasteiger partial charge on any atom is 0.243 e. The summed E-state index contributed by atoms with van der Waals surface area (Å²) in [7, 11) is 3.50. The molecule has 7 heteroatoms. The van der Waals surface area contributed by atoms with E-state index in [0.29, 0.717) is 12.0 Å². The van der Waals surface area contributed by atoms with Gasteiger partial charge in [-0.3, -0.25) is 4.79 Å². The Bertz CT molecular complexity index is 373. The van der Waals surface area contributed by atoms with Gasteiger partial charge in [-0.05, 0) is 46.1 Å². The lowest BCUT2D eigenvalue weighted by molar-refractivity contribution is -0.127. The highest BCUT2D eigenvalue weighted by Crippen LogP contribution is 2.17. The van der Waals surface area contributed by atoms with Crippen LogP contribution in [0.5, 0.6) is 0 Å². The van der Waals surface area contributed by atoms with Crippen molar-refractivity contribution >= 4 is 35.8 Å². The van der Waals surface area contributed by atoms with Gasteiger partial charge in [-0.2, -0.15) is 0 Å². The molecule has 1 aliphatic heterocycles. The lowest BCUT2D eigenvalue weighted by atomic mass is 9.97. The number of hydrogen-bond acceptors (Lipinski definition) is 3. The van der Waals surface area contributed by atoms with Crippen molar-refractivity contribution in [2.45, 2.75) is 39.7 Å². The van der Waals surface area contributed by atoms with Crippen LogP contribution < -0.4 is 10.6 Å². The molecule has 0 spiro atoms. The molecule has 6 nitrogen and oxygen atoms in total. The summed E-state index contributed by atoms with van der Waals surface area (Å²) in [5.74, 6) is 1.39. The quantitative estimate of drug-likeness (QED) is 0.373. The Morgan fingerprint density at radius 2 is 2.04 bits per heavy atom. The van der Waals surface area contributed by atoms with Crippen LogP contribution in [0.1, 0.15) is 33.6 Å². The normalized spacial score (nSPS) is 19.2. The second-order valence-electron chi connectivity index (χ2n) is 6.46. The standard InChI is InChI=1S/C16H33N5O.HI/c1-6-17-16(19-11-15(22)20(4)5)18-10-14-8-7-9-21(12-14)13(2)3;/h13-14H,6-12H2,1-5H3,(H2,17,18,19);1H. The van der Waals surface area contributed by atoms with Gasteiger partial charge in [0.2, 0.25) is 5.91 Å². The van der Waals surface area contributed by atoms with E-state index in [1.165, 1.54) is 19.4 Å². The van der Waals surface area contributed by atoms with Crippen LogP contribution in [0.15, 0.2) is 4.99 Å². The minimum absolute atomic E-state index is 0. The molecule has 0 aromatic heterocycles. The Kier molecular flexibility index (Phi) is 11.6. The van der Waals surface area contributed by atoms with Crippen LogP contribution in [0.25, 0.3) is 0 Å². The second kappa shape index (κ2) is 11.9. The number of halogens is 1. The summed E-state index contributed by atoms with van der Waals surface area (Å²) in [5, 5.41) is 6.59. The van der Waals surface area contributed by atoms with Crippen molar-refractivity contribution in [3.8, 4) is 0 Å². The van der Waals surface area contributed by atoms with E-state index in [-0.39, 0.29) is 36.4 Å². The predicted molar refractivity (Wildman–Crippen MR) is 108 cm³/mol. The van der Waals surface area contributed by atoms with E-state index in [1.54, 1.807) is 19.0 Å². The molecule has 1 aliphatic rings. The third kappa shape index (κ3) is 8.74. The van der Waals surface area contributed by atoms with Crippen LogP contribution in [-0.4, -0.2) is 74.5 Å². The van der Waals surface area contributed by atoms with Crippen LogP contribution in [0.4, 0.5) is 0 Å². The molecule has 136 valence electrons. The monoisotopic (exact) mass is 439 g/mol. The largest absolute Gasteiger partial charge is 0.357 e. The number of likely N-dealkylation sites (N-methyl/N-ethyl adjacent to an activating group) is 1. The van der Waals surface area contributed by atoms with E-state index in [1.807, 2.05) is 6.92 Å². The first-order chi connectivity index (χ1) is 10.4. The van der Waals surface area contributed by atoms with Gasteiger partial charge in [0.25, 0.3) is 0 Å². The summed E-state index contributed by atoms with van der Waals surface area (Å²) in [5.41, 5.74) is 0. The van der Waals surface area contributed by atoms with Crippen LogP contribution >= 0.6 is 24.0 Å². The van der Waals surface area contributed by atoms with Crippen molar-refractivity contribution in [2.75, 3.05) is 46.8 Å². The molecule has 1 unspecified atom stereocenters. The second-order valence-corrected chi connectivity index (χ2v) is 6.46. The Labute approximate surface area is 158 Å². The van der Waals surface area contributed by atoms with Gasteiger partial charge in [0, 0.05) is 39.8 Å². The number of amides is 1. The van der Waals surface area contributed by atoms with Crippen molar-refractivity contribution in [3.05, 3.63) is 0 Å². The fourth-order valence-corrected chi connectivity index (χ4v) is 2.60. The van der Waals surface area contributed by atoms with Gasteiger partial charge in [-0.1, -0.05) is 0 Å². The van der Waals surface area contributed by atoms with Crippen LogP contribution in [0, 0.1) is 5.92 Å². The van der Waals surface area contributed by atoms with Gasteiger partial charge in [0.05, 0.1) is 0 Å². The molecule has 1 fully saturated rings. The molecule has 0 aromatic rings. The summed E-state index contributed by atoms with van der Waals surface area (Å²) in [4.78, 5) is 20.1. The van der Waals surface area contributed by atoms with Gasteiger partial charge < -0.3 is 20.4 Å². The van der Waals surface area contributed by atoms with Gasteiger partial charge in [0.1, 0.15) is 6.54 Å². The summed E-state index contributed by atoms with van der Waals surface area (Å²) < 4.78 is 0. The Hall–Kier alpha value is -0.570. The molecule has 23 heavy (non-hydrogen) atoms. The van der Waals surface area contributed by atoms with Gasteiger partial charge in [-0.25, -0.2) is 4.99 Å². The van der Waals surface area contributed by atoms with E-state index < -0.39 is 0 Å². The van der Waals surface area contributed by atoms with Crippen molar-refractivity contribution in [2.24, 2.45) is 10.9 Å². The average Bonchev–Trinajstić information content (AvgIpc) is 2.49. The van der Waals surface area contributed by atoms with Crippen molar-refractivity contribution in [1.82, 2.24) is 20.4 Å². The molecule has 1 atom stereocenters. The van der Waals surface area contributed by atoms with E-state index >= 15 is 0 Å². The van der Waals surface area contributed by atoms with E-state index in [4.69, 9.17) is 0 Å².